The van der Waals surface area contributed by atoms with E-state index in [0.29, 0.717) is 10.6 Å². The van der Waals surface area contributed by atoms with E-state index in [1.165, 1.54) is 0 Å². The number of hydrogen-bond acceptors (Lipinski definition) is 2. The first-order valence-electron chi connectivity index (χ1n) is 5.68. The van der Waals surface area contributed by atoms with Crippen LogP contribution in [-0.4, -0.2) is 11.1 Å². The van der Waals surface area contributed by atoms with Crippen LogP contribution < -0.4 is 15.7 Å². The Morgan fingerprint density at radius 1 is 0.950 bits per heavy atom. The predicted molar refractivity (Wildman–Crippen MR) is 74.8 cm³/mol. The SMILES string of the molecule is O=C(O)[CH-]NP(=O)(c1ccccc1)c1ccccc1.[Pr]. The number of carbonyl (C=O) groups is 1. The summed E-state index contributed by atoms with van der Waals surface area (Å²) in [6.07, 6.45) is 0. The van der Waals surface area contributed by atoms with Gasteiger partial charge in [-0.15, -0.1) is 0 Å². The van der Waals surface area contributed by atoms with E-state index in [9.17, 15) is 9.36 Å². The van der Waals surface area contributed by atoms with E-state index in [0.717, 1.165) is 6.54 Å². The van der Waals surface area contributed by atoms with E-state index < -0.39 is 13.3 Å². The van der Waals surface area contributed by atoms with Crippen molar-refractivity contribution in [2.45, 2.75) is 0 Å². The molecule has 0 aliphatic heterocycles. The smallest absolute Gasteiger partial charge is 0.179 e. The summed E-state index contributed by atoms with van der Waals surface area (Å²) in [5.74, 6) is -1.16. The second-order valence-corrected chi connectivity index (χ2v) is 6.40. The van der Waals surface area contributed by atoms with E-state index in [2.05, 4.69) is 5.09 Å². The summed E-state index contributed by atoms with van der Waals surface area (Å²) in [7, 11) is -3.16. The van der Waals surface area contributed by atoms with E-state index in [1.54, 1.807) is 48.5 Å². The van der Waals surface area contributed by atoms with Gasteiger partial charge in [-0.1, -0.05) is 36.4 Å². The van der Waals surface area contributed by atoms with Crippen molar-refractivity contribution in [2.75, 3.05) is 0 Å². The quantitative estimate of drug-likeness (QED) is 0.577. The van der Waals surface area contributed by atoms with Gasteiger partial charge in [-0.05, 0) is 24.3 Å². The molecule has 101 valence electrons. The van der Waals surface area contributed by atoms with Crippen LogP contribution in [0.25, 0.3) is 0 Å². The first-order chi connectivity index (χ1) is 9.13. The molecule has 20 heavy (non-hydrogen) atoms. The Hall–Kier alpha value is -0.666. The molecule has 0 amide bonds. The molecule has 0 unspecified atom stereocenters. The molecule has 2 aromatic carbocycles. The Morgan fingerprint density at radius 2 is 1.35 bits per heavy atom. The Bertz CT molecular complexity index is 561. The number of aliphatic carboxylic acids is 1. The van der Waals surface area contributed by atoms with Gasteiger partial charge in [0.2, 0.25) is 0 Å². The Labute approximate surface area is 151 Å². The van der Waals surface area contributed by atoms with Crippen LogP contribution in [-0.2, 0) is 9.36 Å². The Kier molecular flexibility index (Phi) is 6.90. The Balaban J connectivity index is 0.00000200. The maximum absolute atomic E-state index is 13.1. The third-order valence-corrected chi connectivity index (χ3v) is 5.15. The van der Waals surface area contributed by atoms with Gasteiger partial charge >= 0.3 is 0 Å². The van der Waals surface area contributed by atoms with Crippen LogP contribution >= 0.6 is 7.29 Å². The van der Waals surface area contributed by atoms with Gasteiger partial charge in [0, 0.05) is 51.9 Å². The third-order valence-electron chi connectivity index (χ3n) is 2.61. The molecule has 0 bridgehead atoms. The van der Waals surface area contributed by atoms with Crippen molar-refractivity contribution >= 4 is 23.9 Å². The molecule has 1 radical (unpaired) electrons. The predicted octanol–water partition coefficient (Wildman–Crippen LogP) is 1.75. The van der Waals surface area contributed by atoms with E-state index >= 15 is 0 Å². The average molecular weight is 415 g/mol. The number of nitrogens with one attached hydrogen (secondary N) is 1. The van der Waals surface area contributed by atoms with Crippen molar-refractivity contribution in [3.63, 3.8) is 0 Å². The monoisotopic (exact) mass is 415 g/mol. The topological polar surface area (TPSA) is 66.4 Å². The summed E-state index contributed by atoms with van der Waals surface area (Å²) in [6, 6.07) is 17.6. The van der Waals surface area contributed by atoms with Crippen LogP contribution in [0.4, 0.5) is 0 Å². The number of carboxylic acid groups (broad SMARTS) is 1. The zero-order valence-electron chi connectivity index (χ0n) is 10.6. The van der Waals surface area contributed by atoms with Crippen LogP contribution in [0.15, 0.2) is 60.7 Å². The van der Waals surface area contributed by atoms with E-state index in [4.69, 9.17) is 5.11 Å². The largest absolute Gasteiger partial charge is 0.502 e. The molecular weight excluding hydrogens is 402 g/mol. The maximum Gasteiger partial charge on any atom is 0.179 e. The molecule has 0 heterocycles. The third kappa shape index (κ3) is 4.16. The summed E-state index contributed by atoms with van der Waals surface area (Å²) < 4.78 is 13.1. The summed E-state index contributed by atoms with van der Waals surface area (Å²) in [5, 5.41) is 12.4. The molecule has 0 aromatic heterocycles. The van der Waals surface area contributed by atoms with Crippen LogP contribution in [0, 0.1) is 47.8 Å². The van der Waals surface area contributed by atoms with Gasteiger partial charge < -0.3 is 10.2 Å². The minimum absolute atomic E-state index is 0. The number of hydrogen-bond donors (Lipinski definition) is 2. The van der Waals surface area contributed by atoms with Crippen molar-refractivity contribution in [2.24, 2.45) is 0 Å². The maximum atomic E-state index is 13.1. The zero-order valence-corrected chi connectivity index (χ0v) is 15.2. The molecule has 0 saturated carbocycles. The van der Waals surface area contributed by atoms with Crippen molar-refractivity contribution in [3.8, 4) is 0 Å². The van der Waals surface area contributed by atoms with E-state index in [-0.39, 0.29) is 41.3 Å². The fourth-order valence-corrected chi connectivity index (χ4v) is 3.79. The summed E-state index contributed by atoms with van der Waals surface area (Å²) >= 11 is 0. The summed E-state index contributed by atoms with van der Waals surface area (Å²) in [5.41, 5.74) is 0. The second-order valence-electron chi connectivity index (χ2n) is 3.89. The van der Waals surface area contributed by atoms with Gasteiger partial charge in [-0.25, -0.2) is 6.54 Å². The number of benzene rings is 2. The molecule has 0 spiro atoms. The average Bonchev–Trinajstić information content (AvgIpc) is 2.46. The fraction of sp³-hybridized carbons (Fsp3) is 0. The summed E-state index contributed by atoms with van der Waals surface area (Å²) in [4.78, 5) is 10.7. The van der Waals surface area contributed by atoms with Gasteiger partial charge in [0.15, 0.2) is 13.3 Å². The molecule has 0 atom stereocenters. The first-order valence-corrected chi connectivity index (χ1v) is 7.39. The van der Waals surface area contributed by atoms with Gasteiger partial charge in [0.1, 0.15) is 0 Å². The molecule has 2 rings (SSSR count). The Morgan fingerprint density at radius 3 is 1.70 bits per heavy atom. The molecule has 0 aliphatic carbocycles. The molecule has 4 nitrogen and oxygen atoms in total. The molecule has 6 heteroatoms. The first kappa shape index (κ1) is 17.4. The van der Waals surface area contributed by atoms with Crippen LogP contribution in [0.3, 0.4) is 0 Å². The number of carboxylic acids is 1. The molecule has 0 saturated heterocycles. The molecule has 2 N–H and O–H groups in total. The van der Waals surface area contributed by atoms with Crippen LogP contribution in [0.2, 0.25) is 0 Å². The van der Waals surface area contributed by atoms with Crippen LogP contribution in [0.5, 0.6) is 0 Å². The standard InChI is InChI=1S/C14H13NO3P.Pr/c16-14(17)11-15-19(18,12-7-3-1-4-8-12)13-9-5-2-6-10-13;/h1-11H,(H,15,18)(H,16,17);/q-1;. The van der Waals surface area contributed by atoms with E-state index in [1.807, 2.05) is 12.1 Å². The summed E-state index contributed by atoms with van der Waals surface area (Å²) in [6.45, 7) is 0.820. The molecule has 2 aromatic rings. The van der Waals surface area contributed by atoms with Gasteiger partial charge in [-0.3, -0.25) is 9.36 Å². The number of rotatable bonds is 5. The van der Waals surface area contributed by atoms with Crippen LogP contribution in [0.1, 0.15) is 0 Å². The van der Waals surface area contributed by atoms with Crippen molar-refractivity contribution in [1.82, 2.24) is 5.09 Å². The van der Waals surface area contributed by atoms with Crippen molar-refractivity contribution < 1.29 is 55.8 Å². The van der Waals surface area contributed by atoms with Gasteiger partial charge in [-0.2, -0.15) is 0 Å². The minimum Gasteiger partial charge on any atom is -0.502 e. The second kappa shape index (κ2) is 7.94. The normalized spacial score (nSPS) is 10.4. The van der Waals surface area contributed by atoms with Crippen molar-refractivity contribution in [3.05, 3.63) is 67.2 Å². The van der Waals surface area contributed by atoms with Gasteiger partial charge in [0.05, 0.1) is 0 Å². The molecular formula is C14H13NO3PPr-. The van der Waals surface area contributed by atoms with Gasteiger partial charge in [0.25, 0.3) is 0 Å². The fourth-order valence-electron chi connectivity index (χ4n) is 1.72. The zero-order chi connectivity index (χ0) is 13.7. The minimum atomic E-state index is -3.16. The molecule has 0 fully saturated rings. The molecule has 0 aliphatic rings. The van der Waals surface area contributed by atoms with Crippen molar-refractivity contribution in [1.29, 1.82) is 0 Å².